The highest BCUT2D eigenvalue weighted by atomic mass is 79.9. The molecule has 3 aromatic rings. The fraction of sp³-hybridized carbons (Fsp3) is 0.235. The summed E-state index contributed by atoms with van der Waals surface area (Å²) in [6, 6.07) is 1.84. The van der Waals surface area contributed by atoms with Crippen molar-refractivity contribution in [1.82, 2.24) is 9.97 Å². The highest BCUT2D eigenvalue weighted by molar-refractivity contribution is 9.10. The van der Waals surface area contributed by atoms with E-state index in [9.17, 15) is 18.7 Å². The number of nitrogens with zero attached hydrogens (tertiary/aromatic N) is 2. The van der Waals surface area contributed by atoms with Gasteiger partial charge in [-0.1, -0.05) is 0 Å². The number of hydrogen-bond acceptors (Lipinski definition) is 7. The number of halogens is 3. The maximum Gasteiger partial charge on any atom is 0.254 e. The monoisotopic (exact) mass is 473 g/mol. The van der Waals surface area contributed by atoms with Crippen LogP contribution < -0.4 is 10.5 Å². The van der Waals surface area contributed by atoms with Crippen LogP contribution in [-0.2, 0) is 0 Å². The number of aryl methyl sites for hydroxylation is 2. The summed E-state index contributed by atoms with van der Waals surface area (Å²) >= 11 is 4.67. The van der Waals surface area contributed by atoms with E-state index in [2.05, 4.69) is 25.9 Å². The number of aliphatic hydroxyl groups is 1. The predicted molar refractivity (Wildman–Crippen MR) is 100 cm³/mol. The standard InChI is InChI=1S/C17H14BrF2N3O4S/c1-6-14(28-7(2)22-6)13-15(18)27-17(23-13)9(24)5-26-10-4-3-8(19)11(12(10)20)16(21)25/h3-4,9,24H,5H2,1-2H3,(H2,21,25). The van der Waals surface area contributed by atoms with E-state index in [4.69, 9.17) is 14.9 Å². The molecule has 0 aliphatic heterocycles. The van der Waals surface area contributed by atoms with Gasteiger partial charge in [0.2, 0.25) is 5.89 Å². The molecule has 0 aliphatic rings. The first kappa shape index (κ1) is 20.4. The largest absolute Gasteiger partial charge is 0.487 e. The smallest absolute Gasteiger partial charge is 0.254 e. The van der Waals surface area contributed by atoms with E-state index in [1.165, 1.54) is 11.3 Å². The molecule has 3 rings (SSSR count). The molecule has 2 aromatic heterocycles. The average Bonchev–Trinajstić information content (AvgIpc) is 3.15. The van der Waals surface area contributed by atoms with E-state index >= 15 is 0 Å². The van der Waals surface area contributed by atoms with E-state index in [1.54, 1.807) is 0 Å². The van der Waals surface area contributed by atoms with Crippen molar-refractivity contribution in [3.63, 3.8) is 0 Å². The molecule has 0 radical (unpaired) electrons. The van der Waals surface area contributed by atoms with Gasteiger partial charge in [0.05, 0.1) is 15.6 Å². The number of aliphatic hydroxyl groups excluding tert-OH is 1. The first-order valence-corrected chi connectivity index (χ1v) is 9.49. The molecule has 1 amide bonds. The van der Waals surface area contributed by atoms with Gasteiger partial charge in [-0.15, -0.1) is 11.3 Å². The third-order valence-corrected chi connectivity index (χ3v) is 5.32. The molecule has 0 spiro atoms. The molecule has 7 nitrogen and oxygen atoms in total. The Balaban J connectivity index is 1.79. The molecule has 1 aromatic carbocycles. The molecule has 3 N–H and O–H groups in total. The minimum atomic E-state index is -1.35. The van der Waals surface area contributed by atoms with Gasteiger partial charge in [-0.25, -0.2) is 18.7 Å². The van der Waals surface area contributed by atoms with Gasteiger partial charge in [0.15, 0.2) is 22.3 Å². The van der Waals surface area contributed by atoms with E-state index in [0.717, 1.165) is 27.7 Å². The van der Waals surface area contributed by atoms with Gasteiger partial charge in [-0.05, 0) is 41.9 Å². The Hall–Kier alpha value is -2.37. The number of ether oxygens (including phenoxy) is 1. The lowest BCUT2D eigenvalue weighted by Crippen LogP contribution is -2.17. The van der Waals surface area contributed by atoms with Crippen molar-refractivity contribution in [2.45, 2.75) is 20.0 Å². The van der Waals surface area contributed by atoms with Crippen LogP contribution in [-0.4, -0.2) is 27.6 Å². The summed E-state index contributed by atoms with van der Waals surface area (Å²) in [5.74, 6) is -4.12. The molecule has 11 heteroatoms. The summed E-state index contributed by atoms with van der Waals surface area (Å²) in [7, 11) is 0. The van der Waals surface area contributed by atoms with Crippen molar-refractivity contribution in [2.24, 2.45) is 5.73 Å². The van der Waals surface area contributed by atoms with Crippen molar-refractivity contribution in [3.05, 3.63) is 50.6 Å². The normalized spacial score (nSPS) is 12.2. The number of benzene rings is 1. The molecule has 2 heterocycles. The fourth-order valence-electron chi connectivity index (χ4n) is 2.46. The van der Waals surface area contributed by atoms with Gasteiger partial charge in [-0.3, -0.25) is 4.79 Å². The van der Waals surface area contributed by atoms with E-state index in [1.807, 2.05) is 13.8 Å². The number of primary amides is 1. The topological polar surface area (TPSA) is 111 Å². The van der Waals surface area contributed by atoms with Gasteiger partial charge in [0.1, 0.15) is 23.7 Å². The van der Waals surface area contributed by atoms with Gasteiger partial charge < -0.3 is 20.0 Å². The second kappa shape index (κ2) is 7.94. The maximum absolute atomic E-state index is 14.2. The molecular weight excluding hydrogens is 460 g/mol. The lowest BCUT2D eigenvalue weighted by atomic mass is 10.1. The number of amides is 1. The van der Waals surface area contributed by atoms with Crippen LogP contribution in [0.5, 0.6) is 5.75 Å². The molecule has 1 atom stereocenters. The van der Waals surface area contributed by atoms with E-state index in [-0.39, 0.29) is 5.89 Å². The van der Waals surface area contributed by atoms with Gasteiger partial charge in [0.25, 0.3) is 5.91 Å². The zero-order valence-electron chi connectivity index (χ0n) is 14.6. The molecule has 0 saturated carbocycles. The van der Waals surface area contributed by atoms with E-state index in [0.29, 0.717) is 10.4 Å². The van der Waals surface area contributed by atoms with Crippen molar-refractivity contribution >= 4 is 33.2 Å². The van der Waals surface area contributed by atoms with Crippen LogP contribution in [0.3, 0.4) is 0 Å². The highest BCUT2D eigenvalue weighted by Crippen LogP contribution is 2.36. The minimum Gasteiger partial charge on any atom is -0.487 e. The number of nitrogens with two attached hydrogens (primary N) is 1. The number of carbonyl (C=O) groups excluding carboxylic acids is 1. The Kier molecular flexibility index (Phi) is 5.77. The quantitative estimate of drug-likeness (QED) is 0.564. The van der Waals surface area contributed by atoms with Crippen LogP contribution in [0.2, 0.25) is 0 Å². The summed E-state index contributed by atoms with van der Waals surface area (Å²) in [4.78, 5) is 20.5. The van der Waals surface area contributed by atoms with Gasteiger partial charge in [-0.2, -0.15) is 0 Å². The molecule has 0 saturated heterocycles. The second-order valence-corrected chi connectivity index (χ2v) is 7.67. The van der Waals surface area contributed by atoms with Crippen LogP contribution in [0.4, 0.5) is 8.78 Å². The van der Waals surface area contributed by atoms with Crippen molar-refractivity contribution in [2.75, 3.05) is 6.61 Å². The molecule has 0 aliphatic carbocycles. The summed E-state index contributed by atoms with van der Waals surface area (Å²) < 4.78 is 38.6. The summed E-state index contributed by atoms with van der Waals surface area (Å²) in [6.07, 6.45) is -1.35. The molecular formula is C17H14BrF2N3O4S. The lowest BCUT2D eigenvalue weighted by Gasteiger charge is -2.11. The third-order valence-electron chi connectivity index (χ3n) is 3.70. The Morgan fingerprint density at radius 2 is 2.11 bits per heavy atom. The fourth-order valence-corrected chi connectivity index (χ4v) is 3.95. The Labute approximate surface area is 170 Å². The zero-order chi connectivity index (χ0) is 20.6. The van der Waals surface area contributed by atoms with E-state index < -0.39 is 41.6 Å². The van der Waals surface area contributed by atoms with Gasteiger partial charge >= 0.3 is 0 Å². The lowest BCUT2D eigenvalue weighted by molar-refractivity contribution is 0.0811. The summed E-state index contributed by atoms with van der Waals surface area (Å²) in [5.41, 5.74) is 5.29. The molecule has 1 unspecified atom stereocenters. The van der Waals surface area contributed by atoms with Crippen molar-refractivity contribution in [1.29, 1.82) is 0 Å². The van der Waals surface area contributed by atoms with Crippen molar-refractivity contribution in [3.8, 4) is 16.3 Å². The number of oxazole rings is 1. The van der Waals surface area contributed by atoms with Crippen molar-refractivity contribution < 1.29 is 27.8 Å². The maximum atomic E-state index is 14.2. The average molecular weight is 474 g/mol. The molecule has 0 bridgehead atoms. The SMILES string of the molecule is Cc1nc(C)c(-c2nc(C(O)COc3ccc(F)c(C(N)=O)c3F)oc2Br)s1. The van der Waals surface area contributed by atoms with Crippen LogP contribution >= 0.6 is 27.3 Å². The Bertz CT molecular complexity index is 1050. The van der Waals surface area contributed by atoms with Crippen LogP contribution in [0.25, 0.3) is 10.6 Å². The molecule has 148 valence electrons. The second-order valence-electron chi connectivity index (χ2n) is 5.75. The summed E-state index contributed by atoms with van der Waals surface area (Å²) in [6.45, 7) is 3.23. The summed E-state index contributed by atoms with van der Waals surface area (Å²) in [5, 5.41) is 11.1. The molecule has 28 heavy (non-hydrogen) atoms. The van der Waals surface area contributed by atoms with Crippen LogP contribution in [0.1, 0.15) is 33.1 Å². The third kappa shape index (κ3) is 3.91. The van der Waals surface area contributed by atoms with Crippen LogP contribution in [0.15, 0.2) is 21.2 Å². The highest BCUT2D eigenvalue weighted by Gasteiger charge is 2.24. The zero-order valence-corrected chi connectivity index (χ0v) is 17.0. The number of aromatic nitrogens is 2. The predicted octanol–water partition coefficient (Wildman–Crippen LogP) is 3.67. The number of hydrogen-bond donors (Lipinski definition) is 2. The van der Waals surface area contributed by atoms with Gasteiger partial charge in [0, 0.05) is 0 Å². The number of carbonyl (C=O) groups is 1. The number of thiazole rings is 1. The Morgan fingerprint density at radius 3 is 2.71 bits per heavy atom. The van der Waals surface area contributed by atoms with Crippen LogP contribution in [0, 0.1) is 25.5 Å². The Morgan fingerprint density at radius 1 is 1.39 bits per heavy atom. The molecule has 0 fully saturated rings. The minimum absolute atomic E-state index is 0.0648. The first-order valence-electron chi connectivity index (χ1n) is 7.88. The first-order chi connectivity index (χ1) is 13.2. The number of rotatable bonds is 6.